The van der Waals surface area contributed by atoms with E-state index in [2.05, 4.69) is 5.32 Å². The highest BCUT2D eigenvalue weighted by molar-refractivity contribution is 6.00. The summed E-state index contributed by atoms with van der Waals surface area (Å²) in [5, 5.41) is 2.74. The molecule has 0 saturated heterocycles. The van der Waals surface area contributed by atoms with Gasteiger partial charge in [-0.3, -0.25) is 9.59 Å². The van der Waals surface area contributed by atoms with Gasteiger partial charge in [-0.2, -0.15) is 0 Å². The summed E-state index contributed by atoms with van der Waals surface area (Å²) < 4.78 is 10.5. The monoisotopic (exact) mass is 383 g/mol. The Balaban J connectivity index is 2.00. The Labute approximate surface area is 164 Å². The summed E-state index contributed by atoms with van der Waals surface area (Å²) in [7, 11) is 0. The van der Waals surface area contributed by atoms with E-state index in [1.807, 2.05) is 26.0 Å². The number of ether oxygens (including phenoxy) is 2. The number of hydrogen-bond donors (Lipinski definition) is 1. The number of hydrogen-bond acceptors (Lipinski definition) is 5. The maximum absolute atomic E-state index is 12.3. The Morgan fingerprint density at radius 1 is 0.893 bits per heavy atom. The van der Waals surface area contributed by atoms with Crippen molar-refractivity contribution in [2.45, 2.75) is 33.6 Å². The van der Waals surface area contributed by atoms with Gasteiger partial charge >= 0.3 is 5.97 Å². The highest BCUT2D eigenvalue weighted by Gasteiger charge is 2.14. The number of nitrogens with one attached hydrogen (secondary N) is 1. The van der Waals surface area contributed by atoms with Gasteiger partial charge in [0.1, 0.15) is 5.75 Å². The molecule has 0 aliphatic heterocycles. The molecule has 6 nitrogen and oxygen atoms in total. The van der Waals surface area contributed by atoms with E-state index in [0.717, 1.165) is 5.56 Å². The van der Waals surface area contributed by atoms with Gasteiger partial charge in [0.25, 0.3) is 0 Å². The number of carbonyl (C=O) groups excluding carboxylic acids is 3. The minimum Gasteiger partial charge on any atom is -0.492 e. The van der Waals surface area contributed by atoms with Crippen LogP contribution in [0.3, 0.4) is 0 Å². The van der Waals surface area contributed by atoms with E-state index in [1.54, 1.807) is 31.2 Å². The molecular formula is C22H25NO5. The number of esters is 1. The molecule has 2 aromatic carbocycles. The van der Waals surface area contributed by atoms with E-state index >= 15 is 0 Å². The van der Waals surface area contributed by atoms with E-state index in [-0.39, 0.29) is 31.1 Å². The lowest BCUT2D eigenvalue weighted by Gasteiger charge is -2.13. The maximum atomic E-state index is 12.3. The molecule has 0 radical (unpaired) electrons. The van der Waals surface area contributed by atoms with E-state index < -0.39 is 5.97 Å². The smallest absolute Gasteiger partial charge is 0.338 e. The average Bonchev–Trinajstić information content (AvgIpc) is 2.68. The molecule has 0 spiro atoms. The van der Waals surface area contributed by atoms with Gasteiger partial charge in [0, 0.05) is 18.4 Å². The molecule has 1 N–H and O–H groups in total. The predicted octanol–water partition coefficient (Wildman–Crippen LogP) is 4.17. The van der Waals surface area contributed by atoms with Gasteiger partial charge in [-0.05, 0) is 39.0 Å². The second-order valence-electron chi connectivity index (χ2n) is 6.20. The average molecular weight is 383 g/mol. The second-order valence-corrected chi connectivity index (χ2v) is 6.20. The number of carbonyl (C=O) groups is 3. The van der Waals surface area contributed by atoms with Crippen LogP contribution in [0.25, 0.3) is 0 Å². The van der Waals surface area contributed by atoms with Crippen molar-refractivity contribution >= 4 is 23.3 Å². The Morgan fingerprint density at radius 2 is 1.57 bits per heavy atom. The second kappa shape index (κ2) is 10.3. The van der Waals surface area contributed by atoms with Crippen LogP contribution in [0.1, 0.15) is 53.0 Å². The number of aryl methyl sites for hydroxylation is 1. The van der Waals surface area contributed by atoms with Crippen molar-refractivity contribution < 1.29 is 23.9 Å². The first-order valence-corrected chi connectivity index (χ1v) is 9.28. The quantitative estimate of drug-likeness (QED) is 0.519. The summed E-state index contributed by atoms with van der Waals surface area (Å²) in [4.78, 5) is 36.3. The minimum absolute atomic E-state index is 0.0535. The van der Waals surface area contributed by atoms with Crippen LogP contribution in [-0.2, 0) is 9.53 Å². The standard InChI is InChI=1S/C22H25NO5/c1-4-27-20-14-17(22(26)28-5-2)10-11-18(20)23-21(25)13-12-19(24)16-8-6-15(3)7-9-16/h6-11,14H,4-5,12-13H2,1-3H3,(H,23,25). The van der Waals surface area contributed by atoms with Crippen LogP contribution in [0.5, 0.6) is 5.75 Å². The van der Waals surface area contributed by atoms with Crippen LogP contribution in [0.15, 0.2) is 42.5 Å². The first kappa shape index (κ1) is 21.2. The fraction of sp³-hybridized carbons (Fsp3) is 0.318. The summed E-state index contributed by atoms with van der Waals surface area (Å²) in [6.45, 7) is 6.14. The van der Waals surface area contributed by atoms with Gasteiger partial charge in [0.2, 0.25) is 5.91 Å². The van der Waals surface area contributed by atoms with Crippen molar-refractivity contribution in [2.75, 3.05) is 18.5 Å². The van der Waals surface area contributed by atoms with Gasteiger partial charge in [0.05, 0.1) is 24.5 Å². The van der Waals surface area contributed by atoms with E-state index in [0.29, 0.717) is 29.2 Å². The largest absolute Gasteiger partial charge is 0.492 e. The lowest BCUT2D eigenvalue weighted by atomic mass is 10.0. The Bertz CT molecular complexity index is 843. The zero-order valence-corrected chi connectivity index (χ0v) is 16.4. The Hall–Kier alpha value is -3.15. The molecule has 2 rings (SSSR count). The summed E-state index contributed by atoms with van der Waals surface area (Å²) in [6, 6.07) is 12.0. The third-order valence-corrected chi connectivity index (χ3v) is 4.02. The lowest BCUT2D eigenvalue weighted by Crippen LogP contribution is -2.15. The molecule has 0 saturated carbocycles. The van der Waals surface area contributed by atoms with E-state index in [9.17, 15) is 14.4 Å². The van der Waals surface area contributed by atoms with Gasteiger partial charge in [-0.1, -0.05) is 29.8 Å². The topological polar surface area (TPSA) is 81.7 Å². The van der Waals surface area contributed by atoms with E-state index in [1.165, 1.54) is 6.07 Å². The first-order valence-electron chi connectivity index (χ1n) is 9.28. The van der Waals surface area contributed by atoms with Crippen molar-refractivity contribution in [1.29, 1.82) is 0 Å². The molecule has 2 aromatic rings. The number of ketones is 1. The molecule has 0 aliphatic rings. The number of Topliss-reactive ketones (excluding diaryl/α,β-unsaturated/α-hetero) is 1. The minimum atomic E-state index is -0.454. The zero-order valence-electron chi connectivity index (χ0n) is 16.4. The molecule has 1 amide bonds. The van der Waals surface area contributed by atoms with Crippen LogP contribution in [0, 0.1) is 6.92 Å². The van der Waals surface area contributed by atoms with Gasteiger partial charge < -0.3 is 14.8 Å². The molecule has 28 heavy (non-hydrogen) atoms. The molecule has 0 unspecified atom stereocenters. The molecule has 0 fully saturated rings. The number of benzene rings is 2. The highest BCUT2D eigenvalue weighted by Crippen LogP contribution is 2.27. The summed E-state index contributed by atoms with van der Waals surface area (Å²) in [5.41, 5.74) is 2.46. The summed E-state index contributed by atoms with van der Waals surface area (Å²) in [6.07, 6.45) is 0.164. The van der Waals surface area contributed by atoms with Crippen molar-refractivity contribution in [3.63, 3.8) is 0 Å². The van der Waals surface area contributed by atoms with Crippen molar-refractivity contribution in [3.8, 4) is 5.75 Å². The van der Waals surface area contributed by atoms with E-state index in [4.69, 9.17) is 9.47 Å². The van der Waals surface area contributed by atoms with Crippen LogP contribution in [-0.4, -0.2) is 30.9 Å². The lowest BCUT2D eigenvalue weighted by molar-refractivity contribution is -0.116. The summed E-state index contributed by atoms with van der Waals surface area (Å²) in [5.74, 6) is -0.459. The Kier molecular flexibility index (Phi) is 7.75. The molecule has 0 atom stereocenters. The molecule has 0 aromatic heterocycles. The zero-order chi connectivity index (χ0) is 20.5. The predicted molar refractivity (Wildman–Crippen MR) is 107 cm³/mol. The van der Waals surface area contributed by atoms with Crippen molar-refractivity contribution in [2.24, 2.45) is 0 Å². The van der Waals surface area contributed by atoms with Gasteiger partial charge in [-0.25, -0.2) is 4.79 Å². The van der Waals surface area contributed by atoms with Crippen LogP contribution in [0.4, 0.5) is 5.69 Å². The molecule has 0 heterocycles. The number of rotatable bonds is 9. The Morgan fingerprint density at radius 3 is 2.21 bits per heavy atom. The summed E-state index contributed by atoms with van der Waals surface area (Å²) >= 11 is 0. The van der Waals surface area contributed by atoms with Crippen LogP contribution >= 0.6 is 0 Å². The molecule has 0 bridgehead atoms. The van der Waals surface area contributed by atoms with Gasteiger partial charge in [0.15, 0.2) is 5.78 Å². The SMILES string of the molecule is CCOC(=O)c1ccc(NC(=O)CCC(=O)c2ccc(C)cc2)c(OCC)c1. The maximum Gasteiger partial charge on any atom is 0.338 e. The number of amides is 1. The van der Waals surface area contributed by atoms with Gasteiger partial charge in [-0.15, -0.1) is 0 Å². The third-order valence-electron chi connectivity index (χ3n) is 4.02. The van der Waals surface area contributed by atoms with Crippen molar-refractivity contribution in [3.05, 3.63) is 59.2 Å². The number of anilines is 1. The third kappa shape index (κ3) is 5.94. The van der Waals surface area contributed by atoms with Crippen LogP contribution in [0.2, 0.25) is 0 Å². The first-order chi connectivity index (χ1) is 13.4. The fourth-order valence-electron chi connectivity index (χ4n) is 2.57. The molecule has 148 valence electrons. The van der Waals surface area contributed by atoms with Crippen LogP contribution < -0.4 is 10.1 Å². The molecule has 6 heteroatoms. The van der Waals surface area contributed by atoms with Crippen molar-refractivity contribution in [1.82, 2.24) is 0 Å². The molecule has 0 aliphatic carbocycles. The normalized spacial score (nSPS) is 10.2. The molecular weight excluding hydrogens is 358 g/mol. The fourth-order valence-corrected chi connectivity index (χ4v) is 2.57. The highest BCUT2D eigenvalue weighted by atomic mass is 16.5.